The Kier molecular flexibility index (Phi) is 5.31. The van der Waals surface area contributed by atoms with Crippen molar-refractivity contribution in [2.75, 3.05) is 0 Å². The molecule has 2 heterocycles. The topological polar surface area (TPSA) is 0 Å². The lowest BCUT2D eigenvalue weighted by atomic mass is 9.95. The molecule has 0 spiro atoms. The summed E-state index contributed by atoms with van der Waals surface area (Å²) >= 11 is 7.40. The number of hydrogen-bond donors (Lipinski definition) is 0. The van der Waals surface area contributed by atoms with Crippen molar-refractivity contribution in [2.45, 2.75) is 20.3 Å². The van der Waals surface area contributed by atoms with Crippen LogP contribution in [0.4, 0.5) is 0 Å². The van der Waals surface area contributed by atoms with Crippen LogP contribution in [0.25, 0.3) is 30.0 Å². The van der Waals surface area contributed by atoms with Crippen LogP contribution >= 0.6 is 47.0 Å². The number of thioether (sulfide) groups is 4. The van der Waals surface area contributed by atoms with Crippen molar-refractivity contribution >= 4 is 77.1 Å². The third-order valence-electron chi connectivity index (χ3n) is 4.95. The van der Waals surface area contributed by atoms with Gasteiger partial charge in [-0.05, 0) is 61.1 Å². The summed E-state index contributed by atoms with van der Waals surface area (Å²) in [7, 11) is 0. The molecule has 3 aromatic carbocycles. The smallest absolute Gasteiger partial charge is 0.0571 e. The van der Waals surface area contributed by atoms with Gasteiger partial charge >= 0.3 is 0 Å². The van der Waals surface area contributed by atoms with Crippen molar-refractivity contribution < 1.29 is 0 Å². The Morgan fingerprint density at radius 2 is 1.14 bits per heavy atom. The van der Waals surface area contributed by atoms with E-state index in [1.165, 1.54) is 46.0 Å². The van der Waals surface area contributed by atoms with Gasteiger partial charge in [0.2, 0.25) is 0 Å². The van der Waals surface area contributed by atoms with Crippen LogP contribution in [0.5, 0.6) is 0 Å². The molecule has 0 bridgehead atoms. The average molecular weight is 437 g/mol. The largest absolute Gasteiger partial charge is 0.0895 e. The highest BCUT2D eigenvalue weighted by molar-refractivity contribution is 8.35. The number of fused-ring (bicyclic) bond motifs is 2. The van der Waals surface area contributed by atoms with E-state index in [-0.39, 0.29) is 0 Å². The van der Waals surface area contributed by atoms with E-state index in [1.807, 2.05) is 47.0 Å². The highest BCUT2D eigenvalue weighted by Crippen LogP contribution is 2.41. The molecule has 3 aromatic rings. The first-order valence-electron chi connectivity index (χ1n) is 9.41. The molecule has 28 heavy (non-hydrogen) atoms. The first-order valence-corrected chi connectivity index (χ1v) is 12.9. The molecule has 0 aliphatic carbocycles. The Morgan fingerprint density at radius 1 is 0.643 bits per heavy atom. The van der Waals surface area contributed by atoms with Crippen LogP contribution in [-0.2, 0) is 6.42 Å². The van der Waals surface area contributed by atoms with E-state index in [4.69, 9.17) is 0 Å². The van der Waals surface area contributed by atoms with E-state index in [0.29, 0.717) is 5.92 Å². The molecule has 0 N–H and O–H groups in total. The predicted octanol–water partition coefficient (Wildman–Crippen LogP) is 7.23. The summed E-state index contributed by atoms with van der Waals surface area (Å²) in [5.41, 5.74) is 1.43. The summed E-state index contributed by atoms with van der Waals surface area (Å²) in [6.07, 6.45) is 1.12. The van der Waals surface area contributed by atoms with Crippen molar-refractivity contribution in [2.24, 2.45) is 5.92 Å². The minimum atomic E-state index is 0.657. The van der Waals surface area contributed by atoms with Gasteiger partial charge in [0.25, 0.3) is 0 Å². The predicted molar refractivity (Wildman–Crippen MR) is 135 cm³/mol. The molecule has 0 unspecified atom stereocenters. The van der Waals surface area contributed by atoms with Crippen molar-refractivity contribution in [1.29, 1.82) is 0 Å². The van der Waals surface area contributed by atoms with Crippen molar-refractivity contribution in [3.8, 4) is 0 Å². The zero-order chi connectivity index (χ0) is 19.1. The molecule has 0 atom stereocenters. The van der Waals surface area contributed by atoms with Crippen molar-refractivity contribution in [3.63, 3.8) is 0 Å². The molecular weight excluding hydrogens is 417 g/mol. The molecule has 5 rings (SSSR count). The van der Waals surface area contributed by atoms with E-state index < -0.39 is 0 Å². The molecule has 0 fully saturated rings. The second-order valence-electron chi connectivity index (χ2n) is 7.36. The Labute approximate surface area is 182 Å². The van der Waals surface area contributed by atoms with Crippen LogP contribution in [0.1, 0.15) is 19.4 Å². The van der Waals surface area contributed by atoms with Crippen LogP contribution in [-0.4, -0.2) is 0 Å². The van der Waals surface area contributed by atoms with E-state index in [0.717, 1.165) is 6.42 Å². The Balaban J connectivity index is 2.00. The molecule has 0 aromatic heterocycles. The summed E-state index contributed by atoms with van der Waals surface area (Å²) in [6, 6.07) is 16.1. The molecule has 4 heteroatoms. The van der Waals surface area contributed by atoms with Crippen LogP contribution in [0.2, 0.25) is 0 Å². The van der Waals surface area contributed by atoms with E-state index >= 15 is 0 Å². The zero-order valence-electron chi connectivity index (χ0n) is 15.8. The van der Waals surface area contributed by atoms with Gasteiger partial charge in [0.05, 0.1) is 8.47 Å². The van der Waals surface area contributed by atoms with Crippen molar-refractivity contribution in [3.05, 3.63) is 80.1 Å². The minimum Gasteiger partial charge on any atom is -0.0895 e. The number of rotatable bonds is 2. The van der Waals surface area contributed by atoms with Gasteiger partial charge in [0.15, 0.2) is 0 Å². The summed E-state index contributed by atoms with van der Waals surface area (Å²) in [5.74, 6) is 0.657. The fourth-order valence-electron chi connectivity index (χ4n) is 3.91. The lowest BCUT2D eigenvalue weighted by Crippen LogP contribution is -2.17. The van der Waals surface area contributed by atoms with E-state index in [9.17, 15) is 0 Å². The van der Waals surface area contributed by atoms with Crippen LogP contribution in [0.3, 0.4) is 0 Å². The van der Waals surface area contributed by atoms with Gasteiger partial charge in [0.1, 0.15) is 0 Å². The van der Waals surface area contributed by atoms with E-state index in [2.05, 4.69) is 77.9 Å². The quantitative estimate of drug-likeness (QED) is 0.389. The molecule has 0 nitrogen and oxygen atoms in total. The molecule has 0 radical (unpaired) electrons. The maximum atomic E-state index is 2.45. The highest BCUT2D eigenvalue weighted by atomic mass is 32.2. The average Bonchev–Trinajstić information content (AvgIpc) is 3.39. The summed E-state index contributed by atoms with van der Waals surface area (Å²) < 4.78 is 2.78. The summed E-state index contributed by atoms with van der Waals surface area (Å²) in [4.78, 5) is 0. The third-order valence-corrected chi connectivity index (χ3v) is 9.21. The Morgan fingerprint density at radius 3 is 1.68 bits per heavy atom. The fourth-order valence-corrected chi connectivity index (χ4v) is 7.76. The monoisotopic (exact) mass is 436 g/mol. The van der Waals surface area contributed by atoms with Crippen LogP contribution < -0.4 is 10.4 Å². The van der Waals surface area contributed by atoms with Gasteiger partial charge in [-0.3, -0.25) is 0 Å². The summed E-state index contributed by atoms with van der Waals surface area (Å²) in [6.45, 7) is 4.59. The number of benzene rings is 3. The molecule has 2 aliphatic heterocycles. The highest BCUT2D eigenvalue weighted by Gasteiger charge is 2.15. The first-order chi connectivity index (χ1) is 13.7. The lowest BCUT2D eigenvalue weighted by Gasteiger charge is -2.13. The van der Waals surface area contributed by atoms with Gasteiger partial charge in [-0.15, -0.1) is 0 Å². The molecule has 140 valence electrons. The zero-order valence-corrected chi connectivity index (χ0v) is 19.0. The second kappa shape index (κ2) is 7.91. The lowest BCUT2D eigenvalue weighted by molar-refractivity contribution is 0.648. The minimum absolute atomic E-state index is 0.657. The second-order valence-corrected chi connectivity index (χ2v) is 11.5. The molecule has 0 amide bonds. The van der Waals surface area contributed by atoms with Gasteiger partial charge < -0.3 is 0 Å². The molecule has 0 saturated heterocycles. The first kappa shape index (κ1) is 18.8. The van der Waals surface area contributed by atoms with Gasteiger partial charge in [-0.1, -0.05) is 103 Å². The van der Waals surface area contributed by atoms with Gasteiger partial charge in [0, 0.05) is 10.4 Å². The van der Waals surface area contributed by atoms with Crippen LogP contribution in [0.15, 0.2) is 64.1 Å². The fraction of sp³-hybridized carbons (Fsp3) is 0.167. The number of hydrogen-bond acceptors (Lipinski definition) is 4. The Bertz CT molecular complexity index is 1250. The normalized spacial score (nSPS) is 16.4. The molecule has 2 aliphatic rings. The third kappa shape index (κ3) is 3.35. The van der Waals surface area contributed by atoms with Gasteiger partial charge in [-0.2, -0.15) is 0 Å². The van der Waals surface area contributed by atoms with E-state index in [1.54, 1.807) is 0 Å². The van der Waals surface area contributed by atoms with Gasteiger partial charge in [-0.25, -0.2) is 0 Å². The standard InChI is InChI=1S/C24H20S4/c1-15(2)13-16-7-8-19-20(14-16)22(24-27-11-12-28-24)18-6-4-3-5-17(18)21(19)23-25-9-10-26-23/h3-12,14-15H,13H2,1-2H3. The van der Waals surface area contributed by atoms with Crippen LogP contribution in [0, 0.1) is 5.92 Å². The molecular formula is C24H20S4. The van der Waals surface area contributed by atoms with Crippen molar-refractivity contribution in [1.82, 2.24) is 0 Å². The SMILES string of the molecule is CC(C)Cc1ccc2c(=C3SC=CS3)c3ccccc3c(=C3SC=CS3)c2c1. The Hall–Kier alpha value is -1.20. The summed E-state index contributed by atoms with van der Waals surface area (Å²) in [5, 5.41) is 17.1. The molecule has 0 saturated carbocycles. The maximum Gasteiger partial charge on any atom is 0.0571 e. The maximum absolute atomic E-state index is 2.45.